The van der Waals surface area contributed by atoms with Crippen molar-refractivity contribution in [3.63, 3.8) is 0 Å². The normalized spacial score (nSPS) is 10.5. The summed E-state index contributed by atoms with van der Waals surface area (Å²) in [5.74, 6) is -1.03. The van der Waals surface area contributed by atoms with Gasteiger partial charge in [0.1, 0.15) is 0 Å². The van der Waals surface area contributed by atoms with Crippen molar-refractivity contribution < 1.29 is 14.3 Å². The van der Waals surface area contributed by atoms with E-state index in [0.717, 1.165) is 15.7 Å². The minimum absolute atomic E-state index is 0.251. The zero-order valence-corrected chi connectivity index (χ0v) is 15.0. The molecule has 0 unspecified atom stereocenters. The molecule has 6 heteroatoms. The van der Waals surface area contributed by atoms with Crippen LogP contribution in [0.2, 0.25) is 0 Å². The molecule has 3 rings (SSSR count). The van der Waals surface area contributed by atoms with Gasteiger partial charge in [-0.25, -0.2) is 4.79 Å². The van der Waals surface area contributed by atoms with Gasteiger partial charge in [0.25, 0.3) is 5.91 Å². The first-order valence-corrected chi connectivity index (χ1v) is 9.19. The van der Waals surface area contributed by atoms with Crippen molar-refractivity contribution in [3.05, 3.63) is 66.2 Å². The Bertz CT molecular complexity index is 972. The van der Waals surface area contributed by atoms with Crippen molar-refractivity contribution in [3.8, 4) is 0 Å². The number of nitrogens with two attached hydrogens (primary N) is 1. The van der Waals surface area contributed by atoms with Crippen molar-refractivity contribution in [2.75, 3.05) is 23.9 Å². The number of esters is 1. The quantitative estimate of drug-likeness (QED) is 0.406. The SMILES string of the molecule is CSc1ccccc1NC(=O)COC(=O)c1cc2ccccc2cc1N. The molecule has 0 radical (unpaired) electrons. The third kappa shape index (κ3) is 3.97. The van der Waals surface area contributed by atoms with Gasteiger partial charge in [-0.1, -0.05) is 36.4 Å². The van der Waals surface area contributed by atoms with Crippen molar-refractivity contribution >= 4 is 45.8 Å². The number of fused-ring (bicyclic) bond motifs is 1. The Morgan fingerprint density at radius 2 is 1.69 bits per heavy atom. The molecule has 132 valence electrons. The smallest absolute Gasteiger partial charge is 0.340 e. The molecular formula is C20H18N2O3S. The van der Waals surface area contributed by atoms with Gasteiger partial charge >= 0.3 is 5.97 Å². The second-order valence-corrected chi connectivity index (χ2v) is 6.46. The van der Waals surface area contributed by atoms with Crippen molar-refractivity contribution in [1.29, 1.82) is 0 Å². The summed E-state index contributed by atoms with van der Waals surface area (Å²) in [6.07, 6.45) is 1.92. The lowest BCUT2D eigenvalue weighted by Gasteiger charge is -2.11. The summed E-state index contributed by atoms with van der Waals surface area (Å²) in [6, 6.07) is 18.4. The summed E-state index contributed by atoms with van der Waals surface area (Å²) >= 11 is 1.52. The monoisotopic (exact) mass is 366 g/mol. The van der Waals surface area contributed by atoms with Gasteiger partial charge in [0, 0.05) is 10.6 Å². The number of nitrogens with one attached hydrogen (secondary N) is 1. The van der Waals surface area contributed by atoms with E-state index in [0.29, 0.717) is 11.4 Å². The molecule has 5 nitrogen and oxygen atoms in total. The number of carbonyl (C=O) groups is 2. The fourth-order valence-electron chi connectivity index (χ4n) is 2.58. The maximum Gasteiger partial charge on any atom is 0.340 e. The lowest BCUT2D eigenvalue weighted by Crippen LogP contribution is -2.21. The van der Waals surface area contributed by atoms with E-state index >= 15 is 0 Å². The van der Waals surface area contributed by atoms with Gasteiger partial charge in [-0.2, -0.15) is 0 Å². The molecule has 0 saturated carbocycles. The van der Waals surface area contributed by atoms with Crippen molar-refractivity contribution in [1.82, 2.24) is 0 Å². The molecule has 0 bridgehead atoms. The highest BCUT2D eigenvalue weighted by Gasteiger charge is 2.15. The van der Waals surface area contributed by atoms with Crippen LogP contribution in [0.5, 0.6) is 0 Å². The predicted octanol–water partition coefficient (Wildman–Crippen LogP) is 3.94. The zero-order valence-electron chi connectivity index (χ0n) is 14.2. The highest BCUT2D eigenvalue weighted by atomic mass is 32.2. The minimum Gasteiger partial charge on any atom is -0.452 e. The maximum absolute atomic E-state index is 12.3. The Hall–Kier alpha value is -2.99. The Kier molecular flexibility index (Phi) is 5.43. The van der Waals surface area contributed by atoms with Gasteiger partial charge in [0.15, 0.2) is 6.61 Å². The third-order valence-electron chi connectivity index (χ3n) is 3.85. The Morgan fingerprint density at radius 1 is 1.04 bits per heavy atom. The van der Waals surface area contributed by atoms with E-state index in [1.165, 1.54) is 11.8 Å². The number of para-hydroxylation sites is 1. The molecule has 3 N–H and O–H groups in total. The number of nitrogen functional groups attached to an aromatic ring is 1. The summed E-state index contributed by atoms with van der Waals surface area (Å²) in [5, 5.41) is 4.56. The molecule has 3 aromatic carbocycles. The number of anilines is 2. The first-order valence-electron chi connectivity index (χ1n) is 7.97. The first kappa shape index (κ1) is 17.8. The molecule has 0 aliphatic heterocycles. The van der Waals surface area contributed by atoms with E-state index in [-0.39, 0.29) is 12.2 Å². The number of thioether (sulfide) groups is 1. The topological polar surface area (TPSA) is 81.4 Å². The van der Waals surface area contributed by atoms with Crippen LogP contribution in [0.25, 0.3) is 10.8 Å². The van der Waals surface area contributed by atoms with E-state index < -0.39 is 11.9 Å². The van der Waals surface area contributed by atoms with Gasteiger partial charge in [-0.15, -0.1) is 11.8 Å². The second-order valence-electron chi connectivity index (χ2n) is 5.61. The molecular weight excluding hydrogens is 348 g/mol. The number of amides is 1. The van der Waals surface area contributed by atoms with Crippen LogP contribution >= 0.6 is 11.8 Å². The first-order chi connectivity index (χ1) is 12.6. The average Bonchev–Trinajstić information content (AvgIpc) is 2.66. The van der Waals surface area contributed by atoms with Crippen molar-refractivity contribution in [2.24, 2.45) is 0 Å². The van der Waals surface area contributed by atoms with Crippen LogP contribution in [0.1, 0.15) is 10.4 Å². The average molecular weight is 366 g/mol. The summed E-state index contributed by atoms with van der Waals surface area (Å²) in [6.45, 7) is -0.381. The number of ether oxygens (including phenoxy) is 1. The van der Waals surface area contributed by atoms with Crippen LogP contribution in [-0.2, 0) is 9.53 Å². The summed E-state index contributed by atoms with van der Waals surface area (Å²) in [7, 11) is 0. The van der Waals surface area contributed by atoms with Gasteiger partial charge in [0.05, 0.1) is 11.3 Å². The van der Waals surface area contributed by atoms with Gasteiger partial charge in [-0.3, -0.25) is 4.79 Å². The number of rotatable bonds is 5. The number of benzene rings is 3. The molecule has 0 fully saturated rings. The Morgan fingerprint density at radius 3 is 2.42 bits per heavy atom. The lowest BCUT2D eigenvalue weighted by molar-refractivity contribution is -0.119. The number of carbonyl (C=O) groups excluding carboxylic acids is 2. The summed E-state index contributed by atoms with van der Waals surface area (Å²) in [4.78, 5) is 25.3. The molecule has 0 heterocycles. The Labute approximate surface area is 155 Å². The van der Waals surface area contributed by atoms with Crippen LogP contribution < -0.4 is 11.1 Å². The second kappa shape index (κ2) is 7.93. The molecule has 1 amide bonds. The molecule has 0 aliphatic rings. The van der Waals surface area contributed by atoms with Gasteiger partial charge in [-0.05, 0) is 41.3 Å². The lowest BCUT2D eigenvalue weighted by atomic mass is 10.1. The highest BCUT2D eigenvalue weighted by molar-refractivity contribution is 7.98. The van der Waals surface area contributed by atoms with E-state index in [1.807, 2.05) is 48.7 Å². The molecule has 3 aromatic rings. The maximum atomic E-state index is 12.3. The molecule has 0 spiro atoms. The van der Waals surface area contributed by atoms with Crippen LogP contribution in [0.4, 0.5) is 11.4 Å². The molecule has 0 aromatic heterocycles. The standard InChI is InChI=1S/C20H18N2O3S/c1-26-18-9-5-4-8-17(18)22-19(23)12-25-20(24)15-10-13-6-2-3-7-14(13)11-16(15)21/h2-11H,12,21H2,1H3,(H,22,23). The molecule has 0 saturated heterocycles. The zero-order chi connectivity index (χ0) is 18.5. The van der Waals surface area contributed by atoms with Crippen LogP contribution in [0.15, 0.2) is 65.6 Å². The van der Waals surface area contributed by atoms with Crippen LogP contribution in [0, 0.1) is 0 Å². The van der Waals surface area contributed by atoms with Gasteiger partial charge in [0.2, 0.25) is 0 Å². The van der Waals surface area contributed by atoms with Crippen LogP contribution in [-0.4, -0.2) is 24.7 Å². The number of hydrogen-bond acceptors (Lipinski definition) is 5. The van der Waals surface area contributed by atoms with E-state index in [1.54, 1.807) is 18.2 Å². The number of hydrogen-bond donors (Lipinski definition) is 2. The fraction of sp³-hybridized carbons (Fsp3) is 0.100. The third-order valence-corrected chi connectivity index (χ3v) is 4.65. The molecule has 0 atom stereocenters. The summed E-state index contributed by atoms with van der Waals surface area (Å²) in [5.41, 5.74) is 7.21. The molecule has 26 heavy (non-hydrogen) atoms. The predicted molar refractivity (Wildman–Crippen MR) is 105 cm³/mol. The fourth-order valence-corrected chi connectivity index (χ4v) is 3.13. The largest absolute Gasteiger partial charge is 0.452 e. The minimum atomic E-state index is -0.624. The van der Waals surface area contributed by atoms with E-state index in [4.69, 9.17) is 10.5 Å². The van der Waals surface area contributed by atoms with E-state index in [2.05, 4.69) is 5.32 Å². The molecule has 0 aliphatic carbocycles. The highest BCUT2D eigenvalue weighted by Crippen LogP contribution is 2.25. The van der Waals surface area contributed by atoms with Gasteiger partial charge < -0.3 is 15.8 Å². The Balaban J connectivity index is 1.67. The van der Waals surface area contributed by atoms with E-state index in [9.17, 15) is 9.59 Å². The summed E-state index contributed by atoms with van der Waals surface area (Å²) < 4.78 is 5.13. The van der Waals surface area contributed by atoms with Crippen molar-refractivity contribution in [2.45, 2.75) is 4.90 Å². The van der Waals surface area contributed by atoms with Crippen LogP contribution in [0.3, 0.4) is 0 Å².